The maximum absolute atomic E-state index is 12.5. The Morgan fingerprint density at radius 3 is 2.48 bits per heavy atom. The van der Waals surface area contributed by atoms with Crippen LogP contribution in [0.25, 0.3) is 0 Å². The summed E-state index contributed by atoms with van der Waals surface area (Å²) in [5.41, 5.74) is -0.149. The van der Waals surface area contributed by atoms with E-state index < -0.39 is 17.1 Å². The predicted molar refractivity (Wildman–Crippen MR) is 99.7 cm³/mol. The first-order chi connectivity index (χ1) is 12.8. The number of rotatable bonds is 3. The van der Waals surface area contributed by atoms with Gasteiger partial charge in [-0.05, 0) is 26.3 Å². The van der Waals surface area contributed by atoms with Gasteiger partial charge in [0.2, 0.25) is 5.43 Å². The zero-order valence-electron chi connectivity index (χ0n) is 15.6. The molecule has 0 atom stereocenters. The Bertz CT molecular complexity index is 912. The number of hydrogen-bond acceptors (Lipinski definition) is 5. The number of aromatic nitrogens is 1. The highest BCUT2D eigenvalue weighted by Gasteiger charge is 2.33. The normalized spacial score (nSPS) is 13.9. The molecule has 7 heteroatoms. The van der Waals surface area contributed by atoms with Crippen molar-refractivity contribution in [3.63, 3.8) is 0 Å². The minimum atomic E-state index is -0.676. The minimum absolute atomic E-state index is 0.0559. The summed E-state index contributed by atoms with van der Waals surface area (Å²) in [6.07, 6.45) is 0.896. The molecule has 2 aromatic rings. The molecule has 0 radical (unpaired) electrons. The molecule has 1 aliphatic rings. The van der Waals surface area contributed by atoms with E-state index in [1.54, 1.807) is 20.8 Å². The molecule has 0 spiro atoms. The van der Waals surface area contributed by atoms with E-state index in [-0.39, 0.29) is 36.8 Å². The molecule has 3 rings (SSSR count). The number of pyridine rings is 1. The van der Waals surface area contributed by atoms with E-state index in [1.165, 1.54) is 21.9 Å². The van der Waals surface area contributed by atoms with Gasteiger partial charge in [-0.2, -0.15) is 0 Å². The number of hydrogen-bond donors (Lipinski definition) is 0. The number of carbonyl (C=O) groups excluding carboxylic acids is 2. The molecule has 142 valence electrons. The van der Waals surface area contributed by atoms with E-state index in [0.717, 1.165) is 5.56 Å². The molecule has 1 aliphatic heterocycles. The van der Waals surface area contributed by atoms with Crippen molar-refractivity contribution in [3.05, 3.63) is 64.1 Å². The number of Topliss-reactive ketones (excluding diaryl/α,β-unsaturated/α-hetero) is 1. The Balaban J connectivity index is 1.95. The standard InChI is InChI=1S/C20H22N2O5/c1-20(2,3)27-19(25)22-12-9-15(23)17-18(16(24)10-11-21(17)22)26-13-14-7-5-4-6-8-14/h4-8,10-11H,9,12-13H2,1-3H3. The van der Waals surface area contributed by atoms with Gasteiger partial charge in [-0.3, -0.25) is 9.59 Å². The summed E-state index contributed by atoms with van der Waals surface area (Å²) in [6, 6.07) is 10.6. The van der Waals surface area contributed by atoms with Crippen LogP contribution in [-0.2, 0) is 11.3 Å². The molecule has 0 bridgehead atoms. The monoisotopic (exact) mass is 370 g/mol. The summed E-state index contributed by atoms with van der Waals surface area (Å²) in [7, 11) is 0. The molecule has 0 saturated heterocycles. The van der Waals surface area contributed by atoms with Gasteiger partial charge >= 0.3 is 6.09 Å². The van der Waals surface area contributed by atoms with Gasteiger partial charge in [0.1, 0.15) is 12.2 Å². The van der Waals surface area contributed by atoms with E-state index in [4.69, 9.17) is 9.47 Å². The molecule has 27 heavy (non-hydrogen) atoms. The third kappa shape index (κ3) is 4.19. The number of nitrogens with zero attached hydrogens (tertiary/aromatic N) is 2. The minimum Gasteiger partial charge on any atom is -0.483 e. The summed E-state index contributed by atoms with van der Waals surface area (Å²) in [5.74, 6) is -0.310. The van der Waals surface area contributed by atoms with Crippen molar-refractivity contribution in [2.24, 2.45) is 0 Å². The quantitative estimate of drug-likeness (QED) is 0.830. The fraction of sp³-hybridized carbons (Fsp3) is 0.350. The first-order valence-electron chi connectivity index (χ1n) is 8.72. The highest BCUT2D eigenvalue weighted by atomic mass is 16.6. The van der Waals surface area contributed by atoms with Crippen LogP contribution in [0, 0.1) is 0 Å². The second kappa shape index (κ2) is 7.26. The summed E-state index contributed by atoms with van der Waals surface area (Å²) >= 11 is 0. The third-order valence-electron chi connectivity index (χ3n) is 3.94. The van der Waals surface area contributed by atoms with Crippen LogP contribution in [0.15, 0.2) is 47.4 Å². The molecule has 0 saturated carbocycles. The van der Waals surface area contributed by atoms with Gasteiger partial charge in [0, 0.05) is 18.7 Å². The largest absolute Gasteiger partial charge is 0.483 e. The number of ketones is 1. The lowest BCUT2D eigenvalue weighted by Gasteiger charge is -2.33. The van der Waals surface area contributed by atoms with Gasteiger partial charge < -0.3 is 9.47 Å². The van der Waals surface area contributed by atoms with Crippen LogP contribution in [0.2, 0.25) is 0 Å². The van der Waals surface area contributed by atoms with Gasteiger partial charge in [-0.1, -0.05) is 30.3 Å². The molecule has 7 nitrogen and oxygen atoms in total. The van der Waals surface area contributed by atoms with Crippen molar-refractivity contribution < 1.29 is 19.1 Å². The second-order valence-corrected chi connectivity index (χ2v) is 7.25. The van der Waals surface area contributed by atoms with E-state index in [9.17, 15) is 14.4 Å². The molecule has 0 unspecified atom stereocenters. The molecule has 0 aliphatic carbocycles. The predicted octanol–water partition coefficient (Wildman–Crippen LogP) is 2.89. The Labute approximate surface area is 157 Å². The summed E-state index contributed by atoms with van der Waals surface area (Å²) < 4.78 is 12.4. The number of ether oxygens (including phenoxy) is 2. The van der Waals surface area contributed by atoms with Crippen molar-refractivity contribution in [1.82, 2.24) is 4.68 Å². The third-order valence-corrected chi connectivity index (χ3v) is 3.94. The maximum atomic E-state index is 12.5. The topological polar surface area (TPSA) is 77.8 Å². The summed E-state index contributed by atoms with van der Waals surface area (Å²) in [5, 5.41) is 1.30. The van der Waals surface area contributed by atoms with E-state index >= 15 is 0 Å². The molecular weight excluding hydrogens is 348 g/mol. The lowest BCUT2D eigenvalue weighted by atomic mass is 10.1. The van der Waals surface area contributed by atoms with E-state index in [1.807, 2.05) is 30.3 Å². The molecule has 0 fully saturated rings. The molecule has 1 aromatic heterocycles. The number of carbonyl (C=O) groups is 2. The zero-order chi connectivity index (χ0) is 19.6. The number of amides is 1. The van der Waals surface area contributed by atoms with Crippen LogP contribution in [0.5, 0.6) is 5.75 Å². The van der Waals surface area contributed by atoms with Crippen molar-refractivity contribution in [2.45, 2.75) is 39.4 Å². The highest BCUT2D eigenvalue weighted by molar-refractivity contribution is 6.00. The number of benzene rings is 1. The Morgan fingerprint density at radius 2 is 1.81 bits per heavy atom. The summed E-state index contributed by atoms with van der Waals surface area (Å²) in [6.45, 7) is 5.61. The molecule has 0 N–H and O–H groups in total. The lowest BCUT2D eigenvalue weighted by Crippen LogP contribution is -2.49. The molecule has 2 heterocycles. The Kier molecular flexibility index (Phi) is 5.03. The Morgan fingerprint density at radius 1 is 1.11 bits per heavy atom. The Hall–Kier alpha value is -3.09. The molecule has 1 aromatic carbocycles. The number of fused-ring (bicyclic) bond motifs is 1. The van der Waals surface area contributed by atoms with Crippen molar-refractivity contribution in [3.8, 4) is 5.75 Å². The van der Waals surface area contributed by atoms with Crippen molar-refractivity contribution >= 4 is 11.9 Å². The fourth-order valence-corrected chi connectivity index (χ4v) is 2.76. The average molecular weight is 370 g/mol. The van der Waals surface area contributed by atoms with E-state index in [0.29, 0.717) is 0 Å². The van der Waals surface area contributed by atoms with Gasteiger partial charge in [-0.15, -0.1) is 0 Å². The van der Waals surface area contributed by atoms with Crippen molar-refractivity contribution in [2.75, 3.05) is 11.6 Å². The van der Waals surface area contributed by atoms with Gasteiger partial charge in [0.15, 0.2) is 17.2 Å². The van der Waals surface area contributed by atoms with Gasteiger partial charge in [0.05, 0.1) is 6.54 Å². The first-order valence-corrected chi connectivity index (χ1v) is 8.72. The van der Waals surface area contributed by atoms with Crippen LogP contribution in [0.1, 0.15) is 43.2 Å². The van der Waals surface area contributed by atoms with Crippen LogP contribution in [-0.4, -0.2) is 28.7 Å². The van der Waals surface area contributed by atoms with Crippen molar-refractivity contribution in [1.29, 1.82) is 0 Å². The highest BCUT2D eigenvalue weighted by Crippen LogP contribution is 2.22. The van der Waals surface area contributed by atoms with Crippen LogP contribution >= 0.6 is 0 Å². The lowest BCUT2D eigenvalue weighted by molar-refractivity contribution is 0.0527. The summed E-state index contributed by atoms with van der Waals surface area (Å²) in [4.78, 5) is 37.4. The van der Waals surface area contributed by atoms with E-state index in [2.05, 4.69) is 0 Å². The van der Waals surface area contributed by atoms with Crippen LogP contribution in [0.3, 0.4) is 0 Å². The SMILES string of the molecule is CC(C)(C)OC(=O)N1CCC(=O)c2c(OCc3ccccc3)c(=O)ccn21. The van der Waals surface area contributed by atoms with Crippen LogP contribution < -0.4 is 15.2 Å². The maximum Gasteiger partial charge on any atom is 0.429 e. The molecule has 1 amide bonds. The second-order valence-electron chi connectivity index (χ2n) is 7.25. The average Bonchev–Trinajstić information content (AvgIpc) is 2.60. The van der Waals surface area contributed by atoms with Gasteiger partial charge in [0.25, 0.3) is 0 Å². The zero-order valence-corrected chi connectivity index (χ0v) is 15.6. The smallest absolute Gasteiger partial charge is 0.429 e. The fourth-order valence-electron chi connectivity index (χ4n) is 2.76. The first kappa shape index (κ1) is 18.7. The molecular formula is C20H22N2O5. The van der Waals surface area contributed by atoms with Crippen LogP contribution in [0.4, 0.5) is 4.79 Å². The van der Waals surface area contributed by atoms with Gasteiger partial charge in [-0.25, -0.2) is 14.5 Å².